The Morgan fingerprint density at radius 2 is 1.64 bits per heavy atom. The van der Waals surface area contributed by atoms with E-state index in [1.54, 1.807) is 42.5 Å². The lowest BCUT2D eigenvalue weighted by Crippen LogP contribution is -2.60. The van der Waals surface area contributed by atoms with Gasteiger partial charge in [-0.25, -0.2) is 8.42 Å². The number of carbonyl (C=O) groups excluding carboxylic acids is 3. The zero-order valence-electron chi connectivity index (χ0n) is 19.1. The molecule has 0 spiro atoms. The first-order valence-corrected chi connectivity index (χ1v) is 13.3. The fraction of sp³-hybridized carbons (Fsp3) is 0.192. The number of nitrogens with one attached hydrogen (secondary N) is 1. The summed E-state index contributed by atoms with van der Waals surface area (Å²) in [5.74, 6) is -2.06. The highest BCUT2D eigenvalue weighted by Crippen LogP contribution is 2.31. The van der Waals surface area contributed by atoms with Crippen molar-refractivity contribution in [2.24, 2.45) is 0 Å². The SMILES string of the molecule is O=C1Nc2ccc(-c3ccc(Cl)cc3)cc2C(=O)N2CCN(C(=O)CS(=O)(=O)c3ccccc3)C[C@@H]12. The number of halogens is 1. The molecule has 0 aromatic heterocycles. The third-order valence-corrected chi connectivity index (χ3v) is 8.27. The summed E-state index contributed by atoms with van der Waals surface area (Å²) in [6, 6.07) is 19.3. The molecule has 10 heteroatoms. The number of benzene rings is 3. The summed E-state index contributed by atoms with van der Waals surface area (Å²) in [7, 11) is -3.83. The standard InChI is InChI=1S/C26H22ClN3O5S/c27-19-9-6-17(7-10-19)18-8-11-22-21(14-18)26(33)30-13-12-29(15-23(30)25(32)28-22)24(31)16-36(34,35)20-4-2-1-3-5-20/h1-11,14,23H,12-13,15-16H2,(H,28,32)/t23-/m0/s1. The lowest BCUT2D eigenvalue weighted by atomic mass is 10.0. The van der Waals surface area contributed by atoms with Gasteiger partial charge in [0, 0.05) is 18.1 Å². The van der Waals surface area contributed by atoms with E-state index in [-0.39, 0.29) is 30.4 Å². The van der Waals surface area contributed by atoms with Crippen molar-refractivity contribution in [1.82, 2.24) is 9.80 Å². The smallest absolute Gasteiger partial charge is 0.256 e. The number of hydrogen-bond donors (Lipinski definition) is 1. The summed E-state index contributed by atoms with van der Waals surface area (Å²) in [6.45, 7) is 0.155. The monoisotopic (exact) mass is 523 g/mol. The molecule has 8 nitrogen and oxygen atoms in total. The average Bonchev–Trinajstić information content (AvgIpc) is 2.98. The summed E-state index contributed by atoms with van der Waals surface area (Å²) < 4.78 is 25.3. The van der Waals surface area contributed by atoms with Crippen LogP contribution in [0.5, 0.6) is 0 Å². The van der Waals surface area contributed by atoms with E-state index in [2.05, 4.69) is 5.32 Å². The second-order valence-corrected chi connectivity index (χ2v) is 11.1. The Morgan fingerprint density at radius 3 is 2.36 bits per heavy atom. The van der Waals surface area contributed by atoms with Crippen LogP contribution in [-0.4, -0.2) is 67.4 Å². The molecule has 5 rings (SSSR count). The van der Waals surface area contributed by atoms with Gasteiger partial charge in [-0.3, -0.25) is 14.4 Å². The van der Waals surface area contributed by atoms with E-state index in [9.17, 15) is 22.8 Å². The number of anilines is 1. The molecular formula is C26H22ClN3O5S. The average molecular weight is 524 g/mol. The molecule has 3 amide bonds. The summed E-state index contributed by atoms with van der Waals surface area (Å²) in [5.41, 5.74) is 2.41. The van der Waals surface area contributed by atoms with Crippen LogP contribution >= 0.6 is 11.6 Å². The second-order valence-electron chi connectivity index (χ2n) is 8.68. The zero-order chi connectivity index (χ0) is 25.4. The van der Waals surface area contributed by atoms with Crippen LogP contribution in [0, 0.1) is 0 Å². The van der Waals surface area contributed by atoms with Gasteiger partial charge >= 0.3 is 0 Å². The van der Waals surface area contributed by atoms with Crippen molar-refractivity contribution < 1.29 is 22.8 Å². The van der Waals surface area contributed by atoms with Gasteiger partial charge in [-0.1, -0.05) is 48.0 Å². The van der Waals surface area contributed by atoms with Crippen LogP contribution in [0.3, 0.4) is 0 Å². The first kappa shape index (κ1) is 24.0. The number of nitrogens with zero attached hydrogens (tertiary/aromatic N) is 2. The minimum atomic E-state index is -3.83. The molecule has 0 radical (unpaired) electrons. The molecule has 1 fully saturated rings. The molecule has 1 atom stereocenters. The van der Waals surface area contributed by atoms with Crippen molar-refractivity contribution >= 4 is 44.8 Å². The van der Waals surface area contributed by atoms with Crippen molar-refractivity contribution in [3.8, 4) is 11.1 Å². The molecule has 1 N–H and O–H groups in total. The Bertz CT molecular complexity index is 1460. The molecule has 184 valence electrons. The minimum absolute atomic E-state index is 0.0614. The topological polar surface area (TPSA) is 104 Å². The molecule has 2 heterocycles. The summed E-state index contributed by atoms with van der Waals surface area (Å²) in [5, 5.41) is 3.40. The van der Waals surface area contributed by atoms with E-state index in [1.807, 2.05) is 18.2 Å². The predicted molar refractivity (Wildman–Crippen MR) is 135 cm³/mol. The highest BCUT2D eigenvalue weighted by Gasteiger charge is 2.41. The maximum Gasteiger partial charge on any atom is 0.256 e. The molecule has 1 saturated heterocycles. The number of carbonyl (C=O) groups is 3. The molecule has 2 aliphatic rings. The molecule has 0 bridgehead atoms. The predicted octanol–water partition coefficient (Wildman–Crippen LogP) is 3.09. The third-order valence-electron chi connectivity index (χ3n) is 6.40. The minimum Gasteiger partial charge on any atom is -0.337 e. The van der Waals surface area contributed by atoms with Crippen LogP contribution in [0.15, 0.2) is 77.7 Å². The van der Waals surface area contributed by atoms with E-state index in [4.69, 9.17) is 11.6 Å². The van der Waals surface area contributed by atoms with Crippen molar-refractivity contribution in [2.75, 3.05) is 30.7 Å². The van der Waals surface area contributed by atoms with Crippen molar-refractivity contribution in [2.45, 2.75) is 10.9 Å². The normalized spacial score (nSPS) is 17.6. The Kier molecular flexibility index (Phi) is 6.27. The van der Waals surface area contributed by atoms with Crippen molar-refractivity contribution in [3.05, 3.63) is 83.4 Å². The largest absolute Gasteiger partial charge is 0.337 e. The van der Waals surface area contributed by atoms with E-state index in [0.717, 1.165) is 11.1 Å². The lowest BCUT2D eigenvalue weighted by Gasteiger charge is -2.39. The maximum absolute atomic E-state index is 13.5. The summed E-state index contributed by atoms with van der Waals surface area (Å²) in [6.07, 6.45) is 0. The highest BCUT2D eigenvalue weighted by molar-refractivity contribution is 7.92. The molecule has 0 saturated carbocycles. The number of piperazine rings is 1. The van der Waals surface area contributed by atoms with Gasteiger partial charge in [0.05, 0.1) is 22.7 Å². The van der Waals surface area contributed by atoms with Gasteiger partial charge in [0.1, 0.15) is 11.8 Å². The molecule has 0 unspecified atom stereocenters. The molecular weight excluding hydrogens is 502 g/mol. The molecule has 36 heavy (non-hydrogen) atoms. The van der Waals surface area contributed by atoms with Crippen LogP contribution < -0.4 is 5.32 Å². The van der Waals surface area contributed by atoms with Gasteiger partial charge in [0.25, 0.3) is 5.91 Å². The first-order valence-electron chi connectivity index (χ1n) is 11.3. The second kappa shape index (κ2) is 9.40. The first-order chi connectivity index (χ1) is 17.2. The van der Waals surface area contributed by atoms with Crippen LogP contribution in [-0.2, 0) is 19.4 Å². The summed E-state index contributed by atoms with van der Waals surface area (Å²) >= 11 is 5.98. The Morgan fingerprint density at radius 1 is 0.944 bits per heavy atom. The molecule has 3 aromatic carbocycles. The fourth-order valence-corrected chi connectivity index (χ4v) is 5.84. The van der Waals surface area contributed by atoms with Gasteiger partial charge in [0.15, 0.2) is 9.84 Å². The van der Waals surface area contributed by atoms with Gasteiger partial charge < -0.3 is 15.1 Å². The van der Waals surface area contributed by atoms with Gasteiger partial charge in [-0.05, 0) is 47.5 Å². The van der Waals surface area contributed by atoms with Crippen LogP contribution in [0.2, 0.25) is 5.02 Å². The van der Waals surface area contributed by atoms with Gasteiger partial charge in [-0.15, -0.1) is 0 Å². The van der Waals surface area contributed by atoms with E-state index < -0.39 is 33.4 Å². The number of sulfone groups is 1. The third kappa shape index (κ3) is 4.59. The quantitative estimate of drug-likeness (QED) is 0.566. The lowest BCUT2D eigenvalue weighted by molar-refractivity contribution is -0.133. The molecule has 0 aliphatic carbocycles. The number of amides is 3. The summed E-state index contributed by atoms with van der Waals surface area (Å²) in [4.78, 5) is 42.2. The van der Waals surface area contributed by atoms with Crippen molar-refractivity contribution in [1.29, 1.82) is 0 Å². The Labute approximate surface area is 213 Å². The van der Waals surface area contributed by atoms with E-state index >= 15 is 0 Å². The fourth-order valence-electron chi connectivity index (χ4n) is 4.46. The van der Waals surface area contributed by atoms with Crippen LogP contribution in [0.25, 0.3) is 11.1 Å². The van der Waals surface area contributed by atoms with Crippen LogP contribution in [0.1, 0.15) is 10.4 Å². The molecule has 2 aliphatic heterocycles. The van der Waals surface area contributed by atoms with Crippen LogP contribution in [0.4, 0.5) is 5.69 Å². The zero-order valence-corrected chi connectivity index (χ0v) is 20.6. The maximum atomic E-state index is 13.5. The Hall–Kier alpha value is -3.69. The molecule has 3 aromatic rings. The Balaban J connectivity index is 1.36. The number of rotatable bonds is 4. The number of fused-ring (bicyclic) bond motifs is 2. The van der Waals surface area contributed by atoms with Crippen molar-refractivity contribution in [3.63, 3.8) is 0 Å². The van der Waals surface area contributed by atoms with E-state index in [1.165, 1.54) is 21.9 Å². The number of hydrogen-bond acceptors (Lipinski definition) is 5. The van der Waals surface area contributed by atoms with E-state index in [0.29, 0.717) is 16.3 Å². The van der Waals surface area contributed by atoms with Gasteiger partial charge in [0.2, 0.25) is 11.8 Å². The van der Waals surface area contributed by atoms with Gasteiger partial charge in [-0.2, -0.15) is 0 Å². The highest BCUT2D eigenvalue weighted by atomic mass is 35.5.